The van der Waals surface area contributed by atoms with Gasteiger partial charge in [0.15, 0.2) is 0 Å². The second-order valence-electron chi connectivity index (χ2n) is 3.32. The Bertz CT molecular complexity index is 304. The molecule has 0 amide bonds. The van der Waals surface area contributed by atoms with Crippen molar-refractivity contribution in [2.45, 2.75) is 13.0 Å². The molecule has 2 heteroatoms. The molecular formula is C14H18O2. The fraction of sp³-hybridized carbons (Fsp3) is 0.286. The van der Waals surface area contributed by atoms with Crippen molar-refractivity contribution in [3.8, 4) is 0 Å². The number of benzene rings is 1. The van der Waals surface area contributed by atoms with E-state index in [0.29, 0.717) is 19.8 Å². The Morgan fingerprint density at radius 2 is 2.00 bits per heavy atom. The molecule has 2 nitrogen and oxygen atoms in total. The van der Waals surface area contributed by atoms with Crippen molar-refractivity contribution in [1.29, 1.82) is 0 Å². The highest BCUT2D eigenvalue weighted by molar-refractivity contribution is 5.13. The first-order valence-corrected chi connectivity index (χ1v) is 5.42. The number of rotatable bonds is 8. The van der Waals surface area contributed by atoms with Crippen LogP contribution in [0.3, 0.4) is 0 Å². The Hall–Kier alpha value is -1.54. The summed E-state index contributed by atoms with van der Waals surface area (Å²) < 4.78 is 10.6. The van der Waals surface area contributed by atoms with Gasteiger partial charge in [-0.05, 0) is 18.1 Å². The highest BCUT2D eigenvalue weighted by Crippen LogP contribution is 2.00. The van der Waals surface area contributed by atoms with Crippen LogP contribution in [0.1, 0.15) is 12.0 Å². The molecule has 16 heavy (non-hydrogen) atoms. The Morgan fingerprint density at radius 3 is 2.75 bits per heavy atom. The van der Waals surface area contributed by atoms with E-state index < -0.39 is 0 Å². The smallest absolute Gasteiger partial charge is 0.105 e. The lowest BCUT2D eigenvalue weighted by Gasteiger charge is -2.01. The van der Waals surface area contributed by atoms with Gasteiger partial charge in [-0.1, -0.05) is 43.0 Å². The molecule has 0 radical (unpaired) electrons. The van der Waals surface area contributed by atoms with Crippen molar-refractivity contribution in [3.63, 3.8) is 0 Å². The maximum absolute atomic E-state index is 5.50. The summed E-state index contributed by atoms with van der Waals surface area (Å²) in [5.74, 6) is 0. The summed E-state index contributed by atoms with van der Waals surface area (Å²) in [5, 5.41) is 0. The van der Waals surface area contributed by atoms with E-state index in [1.807, 2.05) is 24.3 Å². The first-order valence-electron chi connectivity index (χ1n) is 5.42. The average molecular weight is 218 g/mol. The molecule has 0 bridgehead atoms. The lowest BCUT2D eigenvalue weighted by Crippen LogP contribution is -1.94. The van der Waals surface area contributed by atoms with Crippen LogP contribution in [-0.2, 0) is 16.1 Å². The van der Waals surface area contributed by atoms with Gasteiger partial charge >= 0.3 is 0 Å². The van der Waals surface area contributed by atoms with Gasteiger partial charge in [0.25, 0.3) is 0 Å². The Kier molecular flexibility index (Phi) is 6.85. The van der Waals surface area contributed by atoms with Gasteiger partial charge < -0.3 is 9.47 Å². The van der Waals surface area contributed by atoms with Crippen LogP contribution in [0.2, 0.25) is 0 Å². The molecule has 1 aromatic rings. The standard InChI is InChI=1S/C14H18O2/c1-2-10-15-11-6-7-12-16-13-14-8-4-3-5-9-14/h2-6,8-9,11H,1,7,10,12-13H2/b11-6+. The molecule has 0 N–H and O–H groups in total. The molecule has 0 saturated heterocycles. The fourth-order valence-corrected chi connectivity index (χ4v) is 1.18. The van der Waals surface area contributed by atoms with Crippen LogP contribution >= 0.6 is 0 Å². The maximum atomic E-state index is 5.50. The molecule has 0 spiro atoms. The molecule has 0 heterocycles. The lowest BCUT2D eigenvalue weighted by atomic mass is 10.2. The average Bonchev–Trinajstić information content (AvgIpc) is 2.34. The molecule has 86 valence electrons. The van der Waals surface area contributed by atoms with Gasteiger partial charge in [0, 0.05) is 0 Å². The second kappa shape index (κ2) is 8.74. The van der Waals surface area contributed by atoms with Crippen LogP contribution in [-0.4, -0.2) is 13.2 Å². The Morgan fingerprint density at radius 1 is 1.19 bits per heavy atom. The molecule has 0 aliphatic carbocycles. The third-order valence-electron chi connectivity index (χ3n) is 1.95. The van der Waals surface area contributed by atoms with Crippen LogP contribution in [0.4, 0.5) is 0 Å². The maximum Gasteiger partial charge on any atom is 0.105 e. The predicted molar refractivity (Wildman–Crippen MR) is 66.0 cm³/mol. The zero-order valence-corrected chi connectivity index (χ0v) is 9.47. The zero-order valence-electron chi connectivity index (χ0n) is 9.47. The van der Waals surface area contributed by atoms with Crippen molar-refractivity contribution in [1.82, 2.24) is 0 Å². The third kappa shape index (κ3) is 6.04. The van der Waals surface area contributed by atoms with Crippen LogP contribution in [0.25, 0.3) is 0 Å². The summed E-state index contributed by atoms with van der Waals surface area (Å²) in [6.45, 7) is 5.49. The van der Waals surface area contributed by atoms with E-state index >= 15 is 0 Å². The van der Waals surface area contributed by atoms with Crippen LogP contribution < -0.4 is 0 Å². The Labute approximate surface area is 97.2 Å². The van der Waals surface area contributed by atoms with Gasteiger partial charge in [-0.2, -0.15) is 0 Å². The quantitative estimate of drug-likeness (QED) is 0.378. The van der Waals surface area contributed by atoms with Gasteiger partial charge in [-0.15, -0.1) is 0 Å². The molecule has 0 unspecified atom stereocenters. The van der Waals surface area contributed by atoms with Crippen molar-refractivity contribution in [2.24, 2.45) is 0 Å². The van der Waals surface area contributed by atoms with E-state index in [4.69, 9.17) is 9.47 Å². The topological polar surface area (TPSA) is 18.5 Å². The molecule has 0 saturated carbocycles. The van der Waals surface area contributed by atoms with E-state index in [1.165, 1.54) is 5.56 Å². The van der Waals surface area contributed by atoms with E-state index in [-0.39, 0.29) is 0 Å². The summed E-state index contributed by atoms with van der Waals surface area (Å²) in [4.78, 5) is 0. The van der Waals surface area contributed by atoms with Crippen LogP contribution in [0, 0.1) is 0 Å². The van der Waals surface area contributed by atoms with E-state index in [9.17, 15) is 0 Å². The molecule has 0 aromatic heterocycles. The largest absolute Gasteiger partial charge is 0.497 e. The van der Waals surface area contributed by atoms with Gasteiger partial charge in [0.05, 0.1) is 19.5 Å². The predicted octanol–water partition coefficient (Wildman–Crippen LogP) is 3.31. The third-order valence-corrected chi connectivity index (χ3v) is 1.95. The van der Waals surface area contributed by atoms with Crippen molar-refractivity contribution >= 4 is 0 Å². The van der Waals surface area contributed by atoms with Gasteiger partial charge in [-0.3, -0.25) is 0 Å². The minimum atomic E-state index is 0.557. The van der Waals surface area contributed by atoms with Crippen LogP contribution in [0.15, 0.2) is 55.3 Å². The molecule has 1 rings (SSSR count). The first-order chi connectivity index (χ1) is 7.93. The first kappa shape index (κ1) is 12.5. The lowest BCUT2D eigenvalue weighted by molar-refractivity contribution is 0.125. The van der Waals surface area contributed by atoms with E-state index in [1.54, 1.807) is 12.3 Å². The molecule has 1 aromatic carbocycles. The van der Waals surface area contributed by atoms with Crippen LogP contribution in [0.5, 0.6) is 0 Å². The van der Waals surface area contributed by atoms with Crippen molar-refractivity contribution < 1.29 is 9.47 Å². The van der Waals surface area contributed by atoms with Gasteiger partial charge in [-0.25, -0.2) is 0 Å². The fourth-order valence-electron chi connectivity index (χ4n) is 1.18. The summed E-state index contributed by atoms with van der Waals surface area (Å²) in [6.07, 6.45) is 6.22. The number of hydrogen-bond donors (Lipinski definition) is 0. The molecule has 0 atom stereocenters. The van der Waals surface area contributed by atoms with E-state index in [0.717, 1.165) is 6.42 Å². The highest BCUT2D eigenvalue weighted by Gasteiger charge is 1.89. The summed E-state index contributed by atoms with van der Waals surface area (Å²) in [6, 6.07) is 10.2. The summed E-state index contributed by atoms with van der Waals surface area (Å²) in [7, 11) is 0. The monoisotopic (exact) mass is 218 g/mol. The SMILES string of the molecule is C=CCO/C=C/CCOCc1ccccc1. The molecule has 0 aliphatic rings. The Balaban J connectivity index is 2.00. The minimum Gasteiger partial charge on any atom is -0.497 e. The number of hydrogen-bond acceptors (Lipinski definition) is 2. The molecule has 0 fully saturated rings. The second-order valence-corrected chi connectivity index (χ2v) is 3.32. The number of ether oxygens (including phenoxy) is 2. The van der Waals surface area contributed by atoms with Gasteiger partial charge in [0.2, 0.25) is 0 Å². The highest BCUT2D eigenvalue weighted by atomic mass is 16.5. The van der Waals surface area contributed by atoms with E-state index in [2.05, 4.69) is 18.7 Å². The van der Waals surface area contributed by atoms with Gasteiger partial charge in [0.1, 0.15) is 6.61 Å². The minimum absolute atomic E-state index is 0.557. The zero-order chi connectivity index (χ0) is 11.5. The normalized spacial score (nSPS) is 10.5. The van der Waals surface area contributed by atoms with Crippen molar-refractivity contribution in [2.75, 3.05) is 13.2 Å². The molecular weight excluding hydrogens is 200 g/mol. The molecule has 0 aliphatic heterocycles. The summed E-state index contributed by atoms with van der Waals surface area (Å²) in [5.41, 5.74) is 1.20. The summed E-state index contributed by atoms with van der Waals surface area (Å²) >= 11 is 0. The van der Waals surface area contributed by atoms with Crippen molar-refractivity contribution in [3.05, 3.63) is 60.9 Å².